The monoisotopic (exact) mass is 304 g/mol. The van der Waals surface area contributed by atoms with Crippen molar-refractivity contribution in [3.63, 3.8) is 0 Å². The fraction of sp³-hybridized carbons (Fsp3) is 0.400. The van der Waals surface area contributed by atoms with Gasteiger partial charge in [-0.15, -0.1) is 0 Å². The Labute approximate surface area is 128 Å². The van der Waals surface area contributed by atoms with Crippen LogP contribution in [0.1, 0.15) is 25.7 Å². The Morgan fingerprint density at radius 3 is 2.59 bits per heavy atom. The standard InChI is InChI=1S/C15H20N4O3/c1-10(8-16-15(21)17-9-11(2)20)14-18-13(19-22-14)12-6-4-3-5-7-12/h3-7,10-11,20H,8-9H2,1-2H3,(H2,16,17,21)/t10-,11-/m1/s1. The van der Waals surface area contributed by atoms with Gasteiger partial charge in [-0.05, 0) is 6.92 Å². The lowest BCUT2D eigenvalue weighted by atomic mass is 10.2. The fourth-order valence-corrected chi connectivity index (χ4v) is 1.78. The second kappa shape index (κ2) is 7.56. The Morgan fingerprint density at radius 1 is 1.23 bits per heavy atom. The second-order valence-electron chi connectivity index (χ2n) is 5.16. The molecule has 0 unspecified atom stereocenters. The number of carbonyl (C=O) groups is 1. The number of hydrogen-bond acceptors (Lipinski definition) is 5. The van der Waals surface area contributed by atoms with Gasteiger partial charge in [0.1, 0.15) is 0 Å². The highest BCUT2D eigenvalue weighted by Crippen LogP contribution is 2.18. The van der Waals surface area contributed by atoms with Crippen LogP contribution in [0.25, 0.3) is 11.4 Å². The number of hydrogen-bond donors (Lipinski definition) is 3. The molecule has 3 N–H and O–H groups in total. The summed E-state index contributed by atoms with van der Waals surface area (Å²) in [5, 5.41) is 18.3. The van der Waals surface area contributed by atoms with Crippen molar-refractivity contribution in [1.29, 1.82) is 0 Å². The quantitative estimate of drug-likeness (QED) is 0.751. The summed E-state index contributed by atoms with van der Waals surface area (Å²) >= 11 is 0. The van der Waals surface area contributed by atoms with E-state index in [9.17, 15) is 4.79 Å². The minimum atomic E-state index is -0.576. The van der Waals surface area contributed by atoms with Gasteiger partial charge in [0.2, 0.25) is 11.7 Å². The summed E-state index contributed by atoms with van der Waals surface area (Å²) in [6, 6.07) is 9.20. The molecule has 2 rings (SSSR count). The third-order valence-corrected chi connectivity index (χ3v) is 3.02. The average molecular weight is 304 g/mol. The van der Waals surface area contributed by atoms with Crippen molar-refractivity contribution in [1.82, 2.24) is 20.8 Å². The van der Waals surface area contributed by atoms with E-state index in [1.165, 1.54) is 0 Å². The Morgan fingerprint density at radius 2 is 1.91 bits per heavy atom. The van der Waals surface area contributed by atoms with Gasteiger partial charge in [-0.1, -0.05) is 42.4 Å². The molecular weight excluding hydrogens is 284 g/mol. The molecule has 0 aliphatic rings. The van der Waals surface area contributed by atoms with E-state index in [2.05, 4.69) is 20.8 Å². The lowest BCUT2D eigenvalue weighted by Gasteiger charge is -2.11. The van der Waals surface area contributed by atoms with Crippen LogP contribution in [0, 0.1) is 0 Å². The summed E-state index contributed by atoms with van der Waals surface area (Å²) in [6.07, 6.45) is -0.576. The summed E-state index contributed by atoms with van der Waals surface area (Å²) in [4.78, 5) is 15.9. The lowest BCUT2D eigenvalue weighted by Crippen LogP contribution is -2.40. The Hall–Kier alpha value is -2.41. The molecule has 0 saturated carbocycles. The van der Waals surface area contributed by atoms with Crippen LogP contribution in [-0.2, 0) is 0 Å². The van der Waals surface area contributed by atoms with E-state index in [4.69, 9.17) is 9.63 Å². The molecule has 7 nitrogen and oxygen atoms in total. The molecule has 7 heteroatoms. The Balaban J connectivity index is 1.87. The number of nitrogens with zero attached hydrogens (tertiary/aromatic N) is 2. The van der Waals surface area contributed by atoms with Crippen LogP contribution >= 0.6 is 0 Å². The molecule has 1 aromatic carbocycles. The number of carbonyl (C=O) groups excluding carboxylic acids is 1. The van der Waals surface area contributed by atoms with E-state index in [-0.39, 0.29) is 18.5 Å². The minimum absolute atomic E-state index is 0.109. The van der Waals surface area contributed by atoms with Gasteiger partial charge in [0, 0.05) is 18.7 Å². The number of aliphatic hydroxyl groups is 1. The number of nitrogens with one attached hydrogen (secondary N) is 2. The van der Waals surface area contributed by atoms with Gasteiger partial charge in [-0.25, -0.2) is 4.79 Å². The van der Waals surface area contributed by atoms with Crippen molar-refractivity contribution in [2.45, 2.75) is 25.9 Å². The van der Waals surface area contributed by atoms with Crippen molar-refractivity contribution in [3.8, 4) is 11.4 Å². The first-order valence-corrected chi connectivity index (χ1v) is 7.15. The van der Waals surface area contributed by atoms with Crippen molar-refractivity contribution >= 4 is 6.03 Å². The molecule has 1 heterocycles. The number of aliphatic hydroxyl groups excluding tert-OH is 1. The molecule has 22 heavy (non-hydrogen) atoms. The molecule has 0 fully saturated rings. The zero-order valence-electron chi connectivity index (χ0n) is 12.6. The predicted molar refractivity (Wildman–Crippen MR) is 81.2 cm³/mol. The zero-order chi connectivity index (χ0) is 15.9. The van der Waals surface area contributed by atoms with Crippen molar-refractivity contribution in [2.75, 3.05) is 13.1 Å². The molecule has 2 aromatic rings. The van der Waals surface area contributed by atoms with E-state index in [0.29, 0.717) is 18.3 Å². The normalized spacial score (nSPS) is 13.4. The first kappa shape index (κ1) is 16.0. The summed E-state index contributed by atoms with van der Waals surface area (Å²) in [5.41, 5.74) is 0.882. The first-order chi connectivity index (χ1) is 10.6. The summed E-state index contributed by atoms with van der Waals surface area (Å²) in [7, 11) is 0. The number of aromatic nitrogens is 2. The molecule has 2 atom stereocenters. The van der Waals surface area contributed by atoms with Crippen LogP contribution < -0.4 is 10.6 Å². The molecule has 1 aromatic heterocycles. The van der Waals surface area contributed by atoms with E-state index in [1.54, 1.807) is 6.92 Å². The third-order valence-electron chi connectivity index (χ3n) is 3.02. The molecule has 0 radical (unpaired) electrons. The maximum absolute atomic E-state index is 11.5. The number of rotatable bonds is 6. The number of urea groups is 1. The average Bonchev–Trinajstić information content (AvgIpc) is 3.01. The van der Waals surface area contributed by atoms with Gasteiger partial charge < -0.3 is 20.3 Å². The van der Waals surface area contributed by atoms with Gasteiger partial charge in [0.15, 0.2) is 0 Å². The van der Waals surface area contributed by atoms with Gasteiger partial charge in [0.05, 0.1) is 12.0 Å². The highest BCUT2D eigenvalue weighted by molar-refractivity contribution is 5.73. The molecule has 118 valence electrons. The van der Waals surface area contributed by atoms with Crippen LogP contribution in [0.2, 0.25) is 0 Å². The van der Waals surface area contributed by atoms with Crippen molar-refractivity contribution in [3.05, 3.63) is 36.2 Å². The zero-order valence-corrected chi connectivity index (χ0v) is 12.6. The third kappa shape index (κ3) is 4.56. The molecule has 0 aliphatic carbocycles. The fourth-order valence-electron chi connectivity index (χ4n) is 1.78. The highest BCUT2D eigenvalue weighted by Gasteiger charge is 2.16. The SMILES string of the molecule is C[C@H](CNC(=O)NC[C@@H](C)O)c1nc(-c2ccccc2)no1. The van der Waals surface area contributed by atoms with Gasteiger partial charge >= 0.3 is 6.03 Å². The highest BCUT2D eigenvalue weighted by atomic mass is 16.5. The van der Waals surface area contributed by atoms with Crippen LogP contribution in [0.4, 0.5) is 4.79 Å². The largest absolute Gasteiger partial charge is 0.392 e. The Bertz CT molecular complexity index is 598. The van der Waals surface area contributed by atoms with Crippen LogP contribution in [0.3, 0.4) is 0 Å². The van der Waals surface area contributed by atoms with Crippen LogP contribution in [0.5, 0.6) is 0 Å². The topological polar surface area (TPSA) is 100 Å². The predicted octanol–water partition coefficient (Wildman–Crippen LogP) is 1.52. The Kier molecular flexibility index (Phi) is 5.48. The van der Waals surface area contributed by atoms with Crippen molar-refractivity contribution < 1.29 is 14.4 Å². The lowest BCUT2D eigenvalue weighted by molar-refractivity contribution is 0.187. The summed E-state index contributed by atoms with van der Waals surface area (Å²) in [5.74, 6) is 0.887. The first-order valence-electron chi connectivity index (χ1n) is 7.15. The van der Waals surface area contributed by atoms with E-state index >= 15 is 0 Å². The molecular formula is C15H20N4O3. The molecule has 2 amide bonds. The van der Waals surface area contributed by atoms with E-state index in [1.807, 2.05) is 37.3 Å². The smallest absolute Gasteiger partial charge is 0.314 e. The maximum atomic E-state index is 11.5. The number of amides is 2. The molecule has 0 saturated heterocycles. The molecule has 0 bridgehead atoms. The molecule has 0 aliphatic heterocycles. The molecule has 0 spiro atoms. The van der Waals surface area contributed by atoms with Gasteiger partial charge in [-0.2, -0.15) is 4.98 Å². The number of benzene rings is 1. The van der Waals surface area contributed by atoms with Gasteiger partial charge in [-0.3, -0.25) is 0 Å². The maximum Gasteiger partial charge on any atom is 0.314 e. The minimum Gasteiger partial charge on any atom is -0.392 e. The van der Waals surface area contributed by atoms with Gasteiger partial charge in [0.25, 0.3) is 0 Å². The van der Waals surface area contributed by atoms with Crippen LogP contribution in [0.15, 0.2) is 34.9 Å². The van der Waals surface area contributed by atoms with Crippen LogP contribution in [-0.4, -0.2) is 40.5 Å². The van der Waals surface area contributed by atoms with E-state index in [0.717, 1.165) is 5.56 Å². The second-order valence-corrected chi connectivity index (χ2v) is 5.16. The summed E-state index contributed by atoms with van der Waals surface area (Å²) < 4.78 is 5.24. The van der Waals surface area contributed by atoms with E-state index < -0.39 is 6.10 Å². The van der Waals surface area contributed by atoms with Crippen molar-refractivity contribution in [2.24, 2.45) is 0 Å². The summed E-state index contributed by atoms with van der Waals surface area (Å²) in [6.45, 7) is 4.06.